The van der Waals surface area contributed by atoms with Gasteiger partial charge in [0.2, 0.25) is 5.91 Å². The lowest BCUT2D eigenvalue weighted by atomic mass is 10.1. The second-order valence-electron chi connectivity index (χ2n) is 7.27. The van der Waals surface area contributed by atoms with E-state index in [9.17, 15) is 9.59 Å². The molecule has 1 amide bonds. The van der Waals surface area contributed by atoms with Crippen LogP contribution in [0.15, 0.2) is 46.1 Å². The topological polar surface area (TPSA) is 76.9 Å². The van der Waals surface area contributed by atoms with Gasteiger partial charge in [-0.1, -0.05) is 29.8 Å². The number of thiophene rings is 1. The summed E-state index contributed by atoms with van der Waals surface area (Å²) < 4.78 is 1.52. The van der Waals surface area contributed by atoms with Gasteiger partial charge in [-0.25, -0.2) is 9.97 Å². The Morgan fingerprint density at radius 3 is 2.63 bits per heavy atom. The molecule has 30 heavy (non-hydrogen) atoms. The van der Waals surface area contributed by atoms with E-state index >= 15 is 0 Å². The number of thiazole rings is 1. The molecule has 0 bridgehead atoms. The predicted molar refractivity (Wildman–Crippen MR) is 122 cm³/mol. The van der Waals surface area contributed by atoms with E-state index < -0.39 is 0 Å². The van der Waals surface area contributed by atoms with Crippen LogP contribution in [0, 0.1) is 13.8 Å². The number of nitrogens with zero attached hydrogens (tertiary/aromatic N) is 3. The summed E-state index contributed by atoms with van der Waals surface area (Å²) in [7, 11) is 0. The normalized spacial score (nSPS) is 12.2. The molecule has 0 saturated carbocycles. The van der Waals surface area contributed by atoms with Gasteiger partial charge in [0.05, 0.1) is 28.5 Å². The van der Waals surface area contributed by atoms with Crippen molar-refractivity contribution in [3.05, 3.63) is 68.0 Å². The van der Waals surface area contributed by atoms with Crippen LogP contribution in [0.1, 0.15) is 35.7 Å². The molecule has 0 radical (unpaired) electrons. The van der Waals surface area contributed by atoms with Crippen molar-refractivity contribution < 1.29 is 4.79 Å². The van der Waals surface area contributed by atoms with Crippen molar-refractivity contribution in [2.75, 3.05) is 0 Å². The first-order valence-corrected chi connectivity index (χ1v) is 11.4. The van der Waals surface area contributed by atoms with Crippen molar-refractivity contribution in [1.29, 1.82) is 0 Å². The van der Waals surface area contributed by atoms with Gasteiger partial charge in [-0.3, -0.25) is 14.2 Å². The summed E-state index contributed by atoms with van der Waals surface area (Å²) in [6, 6.07) is 7.93. The van der Waals surface area contributed by atoms with E-state index in [-0.39, 0.29) is 30.5 Å². The quantitative estimate of drug-likeness (QED) is 0.482. The fourth-order valence-corrected chi connectivity index (χ4v) is 4.87. The van der Waals surface area contributed by atoms with Crippen molar-refractivity contribution in [3.63, 3.8) is 0 Å². The van der Waals surface area contributed by atoms with Crippen molar-refractivity contribution in [1.82, 2.24) is 19.9 Å². The molecule has 0 aliphatic heterocycles. The third kappa shape index (κ3) is 4.20. The lowest BCUT2D eigenvalue weighted by Gasteiger charge is -2.12. The average Bonchev–Trinajstić information content (AvgIpc) is 3.35. The number of carbonyl (C=O) groups excluding carboxylic acids is 1. The van der Waals surface area contributed by atoms with Crippen molar-refractivity contribution >= 4 is 38.8 Å². The number of benzene rings is 1. The van der Waals surface area contributed by atoms with Crippen molar-refractivity contribution in [2.45, 2.75) is 39.8 Å². The number of carbonyl (C=O) groups is 1. The molecule has 1 atom stereocenters. The maximum Gasteiger partial charge on any atom is 0.262 e. The summed E-state index contributed by atoms with van der Waals surface area (Å²) in [5.74, 6) is -0.121. The highest BCUT2D eigenvalue weighted by Gasteiger charge is 2.15. The van der Waals surface area contributed by atoms with Crippen LogP contribution in [0.25, 0.3) is 21.3 Å². The standard InChI is InChI=1S/C22H22N4O2S2/c1-13-4-6-16(7-5-13)17-10-30-21-20(17)22(28)26(12-23-21)9-8-19(27)24-14(2)18-11-29-15(3)25-18/h4-7,10-12,14H,8-9H2,1-3H3,(H,24,27). The number of hydrogen-bond donors (Lipinski definition) is 1. The van der Waals surface area contributed by atoms with Crippen molar-refractivity contribution in [3.8, 4) is 11.1 Å². The first-order chi connectivity index (χ1) is 14.4. The van der Waals surface area contributed by atoms with Gasteiger partial charge < -0.3 is 5.32 Å². The first-order valence-electron chi connectivity index (χ1n) is 9.67. The summed E-state index contributed by atoms with van der Waals surface area (Å²) in [6.45, 7) is 6.16. The smallest absolute Gasteiger partial charge is 0.262 e. The van der Waals surface area contributed by atoms with Gasteiger partial charge in [-0.05, 0) is 26.3 Å². The van der Waals surface area contributed by atoms with Gasteiger partial charge in [-0.15, -0.1) is 22.7 Å². The third-order valence-electron chi connectivity index (χ3n) is 4.96. The highest BCUT2D eigenvalue weighted by atomic mass is 32.1. The molecule has 0 aliphatic rings. The number of fused-ring (bicyclic) bond motifs is 1. The second-order valence-corrected chi connectivity index (χ2v) is 9.19. The molecule has 4 aromatic rings. The third-order valence-corrected chi connectivity index (χ3v) is 6.64. The minimum atomic E-state index is -0.162. The maximum absolute atomic E-state index is 13.1. The Balaban J connectivity index is 1.51. The Labute approximate surface area is 182 Å². The highest BCUT2D eigenvalue weighted by Crippen LogP contribution is 2.30. The van der Waals surface area contributed by atoms with Gasteiger partial charge in [0.15, 0.2) is 0 Å². The number of aromatic nitrogens is 3. The van der Waals surface area contributed by atoms with E-state index in [4.69, 9.17) is 0 Å². The van der Waals surface area contributed by atoms with E-state index in [0.717, 1.165) is 21.8 Å². The van der Waals surface area contributed by atoms with Gasteiger partial charge in [-0.2, -0.15) is 0 Å². The Morgan fingerprint density at radius 1 is 1.17 bits per heavy atom. The van der Waals surface area contributed by atoms with E-state index in [0.29, 0.717) is 10.2 Å². The Morgan fingerprint density at radius 2 is 1.93 bits per heavy atom. The van der Waals surface area contributed by atoms with Crippen LogP contribution in [-0.4, -0.2) is 20.4 Å². The summed E-state index contributed by atoms with van der Waals surface area (Å²) in [4.78, 5) is 35.0. The molecule has 0 spiro atoms. The molecule has 0 saturated heterocycles. The van der Waals surface area contributed by atoms with Crippen LogP contribution in [0.3, 0.4) is 0 Å². The molecule has 3 heterocycles. The summed E-state index contributed by atoms with van der Waals surface area (Å²) in [6.07, 6.45) is 1.73. The van der Waals surface area contributed by atoms with Crippen LogP contribution in [0.2, 0.25) is 0 Å². The molecular weight excluding hydrogens is 416 g/mol. The molecule has 1 N–H and O–H groups in total. The van der Waals surface area contributed by atoms with E-state index in [1.54, 1.807) is 11.3 Å². The van der Waals surface area contributed by atoms with E-state index in [2.05, 4.69) is 15.3 Å². The molecule has 0 fully saturated rings. The van der Waals surface area contributed by atoms with Crippen molar-refractivity contribution in [2.24, 2.45) is 0 Å². The fourth-order valence-electron chi connectivity index (χ4n) is 3.26. The molecule has 0 aliphatic carbocycles. The van der Waals surface area contributed by atoms with Crippen LogP contribution in [-0.2, 0) is 11.3 Å². The largest absolute Gasteiger partial charge is 0.348 e. The number of aryl methyl sites for hydroxylation is 3. The lowest BCUT2D eigenvalue weighted by molar-refractivity contribution is -0.122. The Hall–Kier alpha value is -2.84. The van der Waals surface area contributed by atoms with E-state index in [1.807, 2.05) is 55.8 Å². The monoisotopic (exact) mass is 438 g/mol. The Kier molecular flexibility index (Phi) is 5.78. The number of hydrogen-bond acceptors (Lipinski definition) is 6. The SMILES string of the molecule is Cc1ccc(-c2csc3ncn(CCC(=O)NC(C)c4csc(C)n4)c(=O)c23)cc1. The number of rotatable bonds is 6. The van der Waals surface area contributed by atoms with Gasteiger partial charge in [0.25, 0.3) is 5.56 Å². The fraction of sp³-hybridized carbons (Fsp3) is 0.273. The predicted octanol–water partition coefficient (Wildman–Crippen LogP) is 4.47. The van der Waals surface area contributed by atoms with Crippen LogP contribution >= 0.6 is 22.7 Å². The van der Waals surface area contributed by atoms with Crippen LogP contribution < -0.4 is 10.9 Å². The van der Waals surface area contributed by atoms with Gasteiger partial charge >= 0.3 is 0 Å². The maximum atomic E-state index is 13.1. The molecule has 8 heteroatoms. The molecule has 154 valence electrons. The molecule has 4 rings (SSSR count). The summed E-state index contributed by atoms with van der Waals surface area (Å²) in [5, 5.41) is 8.45. The average molecular weight is 439 g/mol. The summed E-state index contributed by atoms with van der Waals surface area (Å²) in [5.41, 5.74) is 3.79. The molecule has 1 unspecified atom stereocenters. The zero-order valence-electron chi connectivity index (χ0n) is 17.0. The molecular formula is C22H22N4O2S2. The van der Waals surface area contributed by atoms with Gasteiger partial charge in [0.1, 0.15) is 4.83 Å². The number of amides is 1. The zero-order chi connectivity index (χ0) is 21.3. The number of nitrogens with one attached hydrogen (secondary N) is 1. The minimum Gasteiger partial charge on any atom is -0.348 e. The zero-order valence-corrected chi connectivity index (χ0v) is 18.6. The highest BCUT2D eigenvalue weighted by molar-refractivity contribution is 7.17. The summed E-state index contributed by atoms with van der Waals surface area (Å²) >= 11 is 3.02. The van der Waals surface area contributed by atoms with Gasteiger partial charge in [0, 0.05) is 29.3 Å². The molecule has 6 nitrogen and oxygen atoms in total. The first kappa shape index (κ1) is 20.4. The Bertz CT molecular complexity index is 1250. The molecule has 3 aromatic heterocycles. The van der Waals surface area contributed by atoms with Crippen LogP contribution in [0.5, 0.6) is 0 Å². The lowest BCUT2D eigenvalue weighted by Crippen LogP contribution is -2.29. The molecule has 1 aromatic carbocycles. The van der Waals surface area contributed by atoms with E-state index in [1.165, 1.54) is 27.8 Å². The minimum absolute atomic E-state index is 0.118. The van der Waals surface area contributed by atoms with Crippen LogP contribution in [0.4, 0.5) is 0 Å². The second kappa shape index (κ2) is 8.49.